The van der Waals surface area contributed by atoms with E-state index in [1.165, 1.54) is 32.4 Å². The standard InChI is InChI=1S/C10H17NO/c12-10-6-2-5-9-11-7-3-1-4-8-11/h2,6,10H,1,3-5,7-9H2. The first-order valence-electron chi connectivity index (χ1n) is 4.76. The number of likely N-dealkylation sites (tertiary alicyclic amines) is 1. The molecule has 1 aliphatic rings. The fraction of sp³-hybridized carbons (Fsp3) is 0.700. The van der Waals surface area contributed by atoms with Crippen LogP contribution in [-0.2, 0) is 4.79 Å². The molecule has 0 aromatic carbocycles. The van der Waals surface area contributed by atoms with E-state index in [-0.39, 0.29) is 0 Å². The third-order valence-electron chi connectivity index (χ3n) is 2.28. The van der Waals surface area contributed by atoms with Crippen molar-refractivity contribution in [1.82, 2.24) is 4.90 Å². The Labute approximate surface area is 74.2 Å². The van der Waals surface area contributed by atoms with Crippen LogP contribution in [0.4, 0.5) is 0 Å². The molecule has 68 valence electrons. The molecule has 2 heteroatoms. The topological polar surface area (TPSA) is 20.3 Å². The van der Waals surface area contributed by atoms with Crippen molar-refractivity contribution in [2.24, 2.45) is 0 Å². The predicted molar refractivity (Wildman–Crippen MR) is 50.1 cm³/mol. The maximum absolute atomic E-state index is 9.96. The Bertz CT molecular complexity index is 148. The monoisotopic (exact) mass is 167 g/mol. The van der Waals surface area contributed by atoms with Crippen LogP contribution in [0.3, 0.4) is 0 Å². The van der Waals surface area contributed by atoms with Gasteiger partial charge in [0.2, 0.25) is 0 Å². The third kappa shape index (κ3) is 3.67. The van der Waals surface area contributed by atoms with Crippen LogP contribution in [0, 0.1) is 0 Å². The summed E-state index contributed by atoms with van der Waals surface area (Å²) in [5, 5.41) is 0. The van der Waals surface area contributed by atoms with Crippen LogP contribution in [0.2, 0.25) is 0 Å². The molecule has 1 saturated heterocycles. The number of piperidine rings is 1. The van der Waals surface area contributed by atoms with Gasteiger partial charge in [0, 0.05) is 6.54 Å². The van der Waals surface area contributed by atoms with Gasteiger partial charge in [-0.1, -0.05) is 12.5 Å². The zero-order chi connectivity index (χ0) is 8.65. The van der Waals surface area contributed by atoms with E-state index in [0.29, 0.717) is 0 Å². The van der Waals surface area contributed by atoms with E-state index >= 15 is 0 Å². The lowest BCUT2D eigenvalue weighted by Crippen LogP contribution is -2.30. The van der Waals surface area contributed by atoms with Crippen LogP contribution in [0.15, 0.2) is 12.2 Å². The molecule has 0 bridgehead atoms. The highest BCUT2D eigenvalue weighted by atomic mass is 16.1. The fourth-order valence-corrected chi connectivity index (χ4v) is 1.59. The minimum atomic E-state index is 0.843. The summed E-state index contributed by atoms with van der Waals surface area (Å²) < 4.78 is 0. The number of hydrogen-bond acceptors (Lipinski definition) is 2. The molecule has 0 amide bonds. The highest BCUT2D eigenvalue weighted by molar-refractivity contribution is 5.64. The van der Waals surface area contributed by atoms with Gasteiger partial charge >= 0.3 is 0 Å². The van der Waals surface area contributed by atoms with Crippen LogP contribution < -0.4 is 0 Å². The molecule has 12 heavy (non-hydrogen) atoms. The van der Waals surface area contributed by atoms with E-state index in [1.54, 1.807) is 6.08 Å². The minimum absolute atomic E-state index is 0.843. The Morgan fingerprint density at radius 1 is 1.17 bits per heavy atom. The number of rotatable bonds is 4. The Morgan fingerprint density at radius 2 is 1.92 bits per heavy atom. The Balaban J connectivity index is 2.05. The molecule has 0 aromatic heterocycles. The van der Waals surface area contributed by atoms with Crippen molar-refractivity contribution in [1.29, 1.82) is 0 Å². The summed E-state index contributed by atoms with van der Waals surface area (Å²) in [4.78, 5) is 12.4. The van der Waals surface area contributed by atoms with E-state index < -0.39 is 0 Å². The number of hydrogen-bond donors (Lipinski definition) is 0. The maximum Gasteiger partial charge on any atom is 0.142 e. The number of nitrogens with zero attached hydrogens (tertiary/aromatic N) is 1. The number of aldehydes is 1. The van der Waals surface area contributed by atoms with Gasteiger partial charge in [0.25, 0.3) is 0 Å². The molecule has 0 saturated carbocycles. The lowest BCUT2D eigenvalue weighted by atomic mass is 10.1. The first-order chi connectivity index (χ1) is 5.93. The number of allylic oxidation sites excluding steroid dienone is 1. The molecule has 2 nitrogen and oxygen atoms in total. The highest BCUT2D eigenvalue weighted by Crippen LogP contribution is 2.08. The van der Waals surface area contributed by atoms with Crippen LogP contribution in [0.25, 0.3) is 0 Å². The average Bonchev–Trinajstić information content (AvgIpc) is 2.14. The molecule has 0 spiro atoms. The second-order valence-corrected chi connectivity index (χ2v) is 3.26. The summed E-state index contributed by atoms with van der Waals surface area (Å²) in [6.07, 6.45) is 9.47. The Kier molecular flexibility index (Phi) is 4.69. The molecule has 0 N–H and O–H groups in total. The third-order valence-corrected chi connectivity index (χ3v) is 2.28. The molecule has 0 aliphatic carbocycles. The molecule has 0 atom stereocenters. The smallest absolute Gasteiger partial charge is 0.142 e. The summed E-state index contributed by atoms with van der Waals surface area (Å²) in [6, 6.07) is 0. The lowest BCUT2D eigenvalue weighted by molar-refractivity contribution is -0.104. The second-order valence-electron chi connectivity index (χ2n) is 3.26. The molecule has 0 aromatic rings. The normalized spacial score (nSPS) is 20.0. The van der Waals surface area contributed by atoms with Gasteiger partial charge in [-0.15, -0.1) is 0 Å². The number of carbonyl (C=O) groups is 1. The van der Waals surface area contributed by atoms with Gasteiger partial charge in [-0.25, -0.2) is 0 Å². The van der Waals surface area contributed by atoms with E-state index in [0.717, 1.165) is 19.3 Å². The molecule has 0 unspecified atom stereocenters. The van der Waals surface area contributed by atoms with Crippen LogP contribution in [0.1, 0.15) is 25.7 Å². The largest absolute Gasteiger partial charge is 0.303 e. The number of carbonyl (C=O) groups excluding carboxylic acids is 1. The van der Waals surface area contributed by atoms with Crippen molar-refractivity contribution in [3.63, 3.8) is 0 Å². The summed E-state index contributed by atoms with van der Waals surface area (Å²) >= 11 is 0. The van der Waals surface area contributed by atoms with Crippen molar-refractivity contribution in [2.45, 2.75) is 25.7 Å². The van der Waals surface area contributed by atoms with Crippen LogP contribution in [-0.4, -0.2) is 30.8 Å². The van der Waals surface area contributed by atoms with Gasteiger partial charge in [0.1, 0.15) is 6.29 Å². The summed E-state index contributed by atoms with van der Waals surface area (Å²) in [6.45, 7) is 3.61. The van der Waals surface area contributed by atoms with Gasteiger partial charge < -0.3 is 4.90 Å². The van der Waals surface area contributed by atoms with Crippen molar-refractivity contribution in [3.8, 4) is 0 Å². The first-order valence-corrected chi connectivity index (χ1v) is 4.76. The van der Waals surface area contributed by atoms with Gasteiger partial charge in [-0.3, -0.25) is 4.79 Å². The zero-order valence-electron chi connectivity index (χ0n) is 7.54. The molecule has 0 radical (unpaired) electrons. The molecule has 1 aliphatic heterocycles. The average molecular weight is 167 g/mol. The quantitative estimate of drug-likeness (QED) is 0.468. The minimum Gasteiger partial charge on any atom is -0.303 e. The van der Waals surface area contributed by atoms with E-state index in [2.05, 4.69) is 4.90 Å². The second kappa shape index (κ2) is 5.95. The van der Waals surface area contributed by atoms with E-state index in [4.69, 9.17) is 0 Å². The molecule has 1 fully saturated rings. The maximum atomic E-state index is 9.96. The Hall–Kier alpha value is -0.630. The van der Waals surface area contributed by atoms with Crippen molar-refractivity contribution >= 4 is 6.29 Å². The van der Waals surface area contributed by atoms with Gasteiger partial charge in [-0.05, 0) is 38.4 Å². The summed E-state index contributed by atoms with van der Waals surface area (Å²) in [5.74, 6) is 0. The summed E-state index contributed by atoms with van der Waals surface area (Å²) in [5.41, 5.74) is 0. The molecular formula is C10H17NO. The van der Waals surface area contributed by atoms with Crippen molar-refractivity contribution < 1.29 is 4.79 Å². The zero-order valence-corrected chi connectivity index (χ0v) is 7.54. The molecule has 1 heterocycles. The lowest BCUT2D eigenvalue weighted by Gasteiger charge is -2.25. The summed E-state index contributed by atoms with van der Waals surface area (Å²) in [7, 11) is 0. The van der Waals surface area contributed by atoms with E-state index in [9.17, 15) is 4.79 Å². The first kappa shape index (κ1) is 9.46. The highest BCUT2D eigenvalue weighted by Gasteiger charge is 2.07. The predicted octanol–water partition coefficient (Wildman–Crippen LogP) is 1.62. The Morgan fingerprint density at radius 3 is 2.58 bits per heavy atom. The van der Waals surface area contributed by atoms with Crippen LogP contribution >= 0.6 is 0 Å². The van der Waals surface area contributed by atoms with Crippen molar-refractivity contribution in [2.75, 3.05) is 19.6 Å². The van der Waals surface area contributed by atoms with Gasteiger partial charge in [0.15, 0.2) is 0 Å². The SMILES string of the molecule is O=CC=CCCN1CCCCC1. The van der Waals surface area contributed by atoms with Crippen molar-refractivity contribution in [3.05, 3.63) is 12.2 Å². The van der Waals surface area contributed by atoms with Gasteiger partial charge in [0.05, 0.1) is 0 Å². The van der Waals surface area contributed by atoms with Gasteiger partial charge in [-0.2, -0.15) is 0 Å². The molecule has 1 rings (SSSR count). The molecular weight excluding hydrogens is 150 g/mol. The van der Waals surface area contributed by atoms with Crippen LogP contribution in [0.5, 0.6) is 0 Å². The van der Waals surface area contributed by atoms with E-state index in [1.807, 2.05) is 6.08 Å². The fourth-order valence-electron chi connectivity index (χ4n) is 1.59.